The Labute approximate surface area is 226 Å². The summed E-state index contributed by atoms with van der Waals surface area (Å²) in [6.07, 6.45) is 4.79. The van der Waals surface area contributed by atoms with Crippen LogP contribution in [0, 0.1) is 24.2 Å². The number of fused-ring (bicyclic) bond motifs is 1. The normalized spacial score (nSPS) is 29.4. The average molecular weight is 526 g/mol. The highest BCUT2D eigenvalue weighted by Gasteiger charge is 2.43. The molecule has 5 atom stereocenters. The molecule has 1 aliphatic heterocycles. The number of hydrogen-bond donors (Lipinski definition) is 2. The number of ketones is 1. The van der Waals surface area contributed by atoms with E-state index in [9.17, 15) is 19.8 Å². The van der Waals surface area contributed by atoms with E-state index in [4.69, 9.17) is 9.15 Å². The third kappa shape index (κ3) is 7.20. The summed E-state index contributed by atoms with van der Waals surface area (Å²) < 4.78 is 11.5. The minimum Gasteiger partial charge on any atom is -0.457 e. The zero-order valence-corrected chi connectivity index (χ0v) is 23.4. The molecule has 2 aromatic rings. The fourth-order valence-corrected chi connectivity index (χ4v) is 5.21. The zero-order chi connectivity index (χ0) is 28.0. The number of aromatic nitrogens is 1. The summed E-state index contributed by atoms with van der Waals surface area (Å²) in [5.41, 5.74) is 2.06. The number of hydrogen-bond acceptors (Lipinski definition) is 7. The Kier molecular flexibility index (Phi) is 10.1. The molecule has 0 spiro atoms. The summed E-state index contributed by atoms with van der Waals surface area (Å²) in [6.45, 7) is 12.8. The lowest BCUT2D eigenvalue weighted by atomic mass is 9.71. The molecule has 0 saturated carbocycles. The number of nitrogens with zero attached hydrogens (tertiary/aromatic N) is 1. The Hall–Kier alpha value is -2.77. The molecule has 1 aromatic carbocycles. The Morgan fingerprint density at radius 1 is 1.21 bits per heavy atom. The van der Waals surface area contributed by atoms with Gasteiger partial charge in [-0.1, -0.05) is 44.6 Å². The number of oxazole rings is 1. The quantitative estimate of drug-likeness (QED) is 0.363. The molecule has 3 rings (SSSR count). The number of rotatable bonds is 4. The number of allylic oxidation sites excluding steroid dienone is 2. The first-order valence-electron chi connectivity index (χ1n) is 13.7. The average Bonchev–Trinajstić information content (AvgIpc) is 3.24. The fourth-order valence-electron chi connectivity index (χ4n) is 5.21. The van der Waals surface area contributed by atoms with Gasteiger partial charge in [-0.2, -0.15) is 0 Å². The minimum atomic E-state index is -1.26. The molecule has 0 aliphatic carbocycles. The van der Waals surface area contributed by atoms with Crippen molar-refractivity contribution in [3.63, 3.8) is 0 Å². The van der Waals surface area contributed by atoms with Gasteiger partial charge in [0, 0.05) is 19.3 Å². The molecule has 0 fully saturated rings. The van der Waals surface area contributed by atoms with E-state index in [1.54, 1.807) is 26.8 Å². The third-order valence-electron chi connectivity index (χ3n) is 7.92. The van der Waals surface area contributed by atoms with Gasteiger partial charge in [0.05, 0.1) is 24.0 Å². The number of ether oxygens (including phenoxy) is 1. The van der Waals surface area contributed by atoms with Crippen molar-refractivity contribution in [3.8, 4) is 0 Å². The van der Waals surface area contributed by atoms with Crippen LogP contribution >= 0.6 is 0 Å². The van der Waals surface area contributed by atoms with Crippen molar-refractivity contribution in [1.29, 1.82) is 0 Å². The first-order valence-corrected chi connectivity index (χ1v) is 13.7. The SMILES string of the molecule is C=CCC[C@H]1C(=O)C(C)(C)[C@@H](O)CC(=O)O[C@H](c2ccc3oc(C)nc3c2)C/C=C(\C)CCC[C@H](C)[C@@H]1O. The van der Waals surface area contributed by atoms with Gasteiger partial charge >= 0.3 is 5.97 Å². The summed E-state index contributed by atoms with van der Waals surface area (Å²) >= 11 is 0. The second-order valence-corrected chi connectivity index (χ2v) is 11.4. The van der Waals surface area contributed by atoms with Gasteiger partial charge in [0.2, 0.25) is 0 Å². The highest BCUT2D eigenvalue weighted by Crippen LogP contribution is 2.35. The van der Waals surface area contributed by atoms with Gasteiger partial charge in [-0.15, -0.1) is 6.58 Å². The van der Waals surface area contributed by atoms with Crippen LogP contribution in [0.15, 0.2) is 46.9 Å². The lowest BCUT2D eigenvalue weighted by molar-refractivity contribution is -0.156. The molecule has 0 saturated heterocycles. The van der Waals surface area contributed by atoms with Crippen LogP contribution in [0.1, 0.15) is 90.2 Å². The summed E-state index contributed by atoms with van der Waals surface area (Å²) in [6, 6.07) is 5.55. The highest BCUT2D eigenvalue weighted by atomic mass is 16.5. The van der Waals surface area contributed by atoms with Gasteiger partial charge in [-0.3, -0.25) is 9.59 Å². The summed E-state index contributed by atoms with van der Waals surface area (Å²) in [5, 5.41) is 22.2. The molecule has 1 aliphatic rings. The van der Waals surface area contributed by atoms with E-state index in [0.717, 1.165) is 24.8 Å². The van der Waals surface area contributed by atoms with Crippen molar-refractivity contribution in [2.45, 2.75) is 97.9 Å². The van der Waals surface area contributed by atoms with Crippen LogP contribution in [0.3, 0.4) is 0 Å². The van der Waals surface area contributed by atoms with E-state index >= 15 is 0 Å². The monoisotopic (exact) mass is 525 g/mol. The van der Waals surface area contributed by atoms with Crippen LogP contribution in [0.4, 0.5) is 0 Å². The van der Waals surface area contributed by atoms with Crippen LogP contribution in [-0.4, -0.2) is 39.2 Å². The Morgan fingerprint density at radius 2 is 1.95 bits per heavy atom. The predicted octanol–water partition coefficient (Wildman–Crippen LogP) is 6.17. The number of cyclic esters (lactones) is 1. The van der Waals surface area contributed by atoms with Crippen molar-refractivity contribution in [1.82, 2.24) is 4.98 Å². The number of Topliss-reactive ketones (excluding diaryl/α,β-unsaturated/α-hetero) is 1. The molecule has 208 valence electrons. The summed E-state index contributed by atoms with van der Waals surface area (Å²) in [7, 11) is 0. The Balaban J connectivity index is 1.93. The molecule has 38 heavy (non-hydrogen) atoms. The molecular weight excluding hydrogens is 482 g/mol. The highest BCUT2D eigenvalue weighted by molar-refractivity contribution is 5.88. The zero-order valence-electron chi connectivity index (χ0n) is 23.4. The number of aliphatic hydroxyl groups is 2. The second-order valence-electron chi connectivity index (χ2n) is 11.4. The van der Waals surface area contributed by atoms with E-state index in [2.05, 4.69) is 24.6 Å². The first kappa shape index (κ1) is 29.8. The smallest absolute Gasteiger partial charge is 0.309 e. The second kappa shape index (κ2) is 12.9. The van der Waals surface area contributed by atoms with Crippen LogP contribution < -0.4 is 0 Å². The Morgan fingerprint density at radius 3 is 2.66 bits per heavy atom. The Bertz CT molecular complexity index is 1160. The predicted molar refractivity (Wildman–Crippen MR) is 147 cm³/mol. The van der Waals surface area contributed by atoms with Gasteiger partial charge in [-0.25, -0.2) is 4.98 Å². The minimum absolute atomic E-state index is 0.0854. The molecule has 2 heterocycles. The molecule has 0 amide bonds. The van der Waals surface area contributed by atoms with Gasteiger partial charge in [0.15, 0.2) is 11.5 Å². The lowest BCUT2D eigenvalue weighted by Gasteiger charge is -2.36. The molecule has 0 unspecified atom stereocenters. The van der Waals surface area contributed by atoms with E-state index in [0.29, 0.717) is 36.3 Å². The number of carbonyl (C=O) groups is 2. The van der Waals surface area contributed by atoms with Crippen molar-refractivity contribution in [2.75, 3.05) is 0 Å². The molecule has 0 bridgehead atoms. The van der Waals surface area contributed by atoms with Crippen LogP contribution in [0.5, 0.6) is 0 Å². The fraction of sp³-hybridized carbons (Fsp3) is 0.581. The number of esters is 1. The van der Waals surface area contributed by atoms with Gasteiger partial charge < -0.3 is 19.4 Å². The van der Waals surface area contributed by atoms with Crippen LogP contribution in [0.25, 0.3) is 11.1 Å². The molecular formula is C31H43NO6. The van der Waals surface area contributed by atoms with E-state index in [1.807, 2.05) is 25.1 Å². The van der Waals surface area contributed by atoms with Gasteiger partial charge in [0.1, 0.15) is 17.4 Å². The number of aryl methyl sites for hydroxylation is 1. The summed E-state index contributed by atoms with van der Waals surface area (Å²) in [4.78, 5) is 31.1. The van der Waals surface area contributed by atoms with Gasteiger partial charge in [-0.05, 0) is 62.6 Å². The maximum atomic E-state index is 13.7. The number of aliphatic hydroxyl groups excluding tert-OH is 2. The number of benzene rings is 1. The van der Waals surface area contributed by atoms with Crippen molar-refractivity contribution in [2.24, 2.45) is 17.3 Å². The molecule has 7 heteroatoms. The number of carbonyl (C=O) groups excluding carboxylic acids is 2. The first-order chi connectivity index (χ1) is 17.9. The molecule has 2 N–H and O–H groups in total. The van der Waals surface area contributed by atoms with E-state index < -0.39 is 35.6 Å². The van der Waals surface area contributed by atoms with Crippen molar-refractivity contribution >= 4 is 22.9 Å². The van der Waals surface area contributed by atoms with Crippen molar-refractivity contribution in [3.05, 3.63) is 54.0 Å². The third-order valence-corrected chi connectivity index (χ3v) is 7.92. The van der Waals surface area contributed by atoms with E-state index in [1.165, 1.54) is 5.57 Å². The molecule has 0 radical (unpaired) electrons. The van der Waals surface area contributed by atoms with Crippen LogP contribution in [0.2, 0.25) is 0 Å². The molecule has 7 nitrogen and oxygen atoms in total. The maximum Gasteiger partial charge on any atom is 0.309 e. The van der Waals surface area contributed by atoms with Gasteiger partial charge in [0.25, 0.3) is 0 Å². The van der Waals surface area contributed by atoms with E-state index in [-0.39, 0.29) is 18.1 Å². The van der Waals surface area contributed by atoms with Crippen molar-refractivity contribution < 1.29 is 29.0 Å². The maximum absolute atomic E-state index is 13.7. The lowest BCUT2D eigenvalue weighted by Crippen LogP contribution is -2.46. The largest absolute Gasteiger partial charge is 0.457 e. The summed E-state index contributed by atoms with van der Waals surface area (Å²) in [5.74, 6) is -1.01. The standard InChI is InChI=1S/C31H43NO6/c1-7-8-12-23-29(35)20(3)11-9-10-19(2)13-15-25(22-14-16-26-24(17-22)32-21(4)37-26)38-28(34)18-27(33)31(5,6)30(23)36/h7,13-14,16-17,20,23,25,27,29,33,35H,1,8-12,15,18H2,2-6H3/b19-13+/t20-,23+,25-,27-,29-/m0/s1. The molecule has 1 aromatic heterocycles. The van der Waals surface area contributed by atoms with Crippen LogP contribution in [-0.2, 0) is 14.3 Å². The topological polar surface area (TPSA) is 110 Å².